The Morgan fingerprint density at radius 2 is 1.74 bits per heavy atom. The van der Waals surface area contributed by atoms with Crippen LogP contribution in [-0.4, -0.2) is 11.3 Å². The summed E-state index contributed by atoms with van der Waals surface area (Å²) in [4.78, 5) is 11.0. The van der Waals surface area contributed by atoms with Gasteiger partial charge >= 0.3 is 6.16 Å². The van der Waals surface area contributed by atoms with Crippen molar-refractivity contribution in [3.8, 4) is 16.9 Å². The Labute approximate surface area is 137 Å². The van der Waals surface area contributed by atoms with Crippen LogP contribution in [-0.2, 0) is 6.42 Å². The minimum atomic E-state index is -1.26. The second kappa shape index (κ2) is 8.37. The highest BCUT2D eigenvalue weighted by molar-refractivity contribution is 5.74. The molecule has 0 aliphatic carbocycles. The Hall–Kier alpha value is -2.29. The Balaban J connectivity index is 2.40. The van der Waals surface area contributed by atoms with E-state index in [9.17, 15) is 4.79 Å². The van der Waals surface area contributed by atoms with Gasteiger partial charge < -0.3 is 9.84 Å². The summed E-state index contributed by atoms with van der Waals surface area (Å²) in [5, 5.41) is 8.99. The van der Waals surface area contributed by atoms with Crippen molar-refractivity contribution in [2.24, 2.45) is 0 Å². The molecule has 2 aromatic carbocycles. The average Bonchev–Trinajstić information content (AvgIpc) is 2.52. The Morgan fingerprint density at radius 3 is 2.43 bits per heavy atom. The predicted molar refractivity (Wildman–Crippen MR) is 93.1 cm³/mol. The first-order chi connectivity index (χ1) is 11.1. The zero-order valence-corrected chi connectivity index (χ0v) is 13.8. The lowest BCUT2D eigenvalue weighted by Crippen LogP contribution is -2.06. The van der Waals surface area contributed by atoms with Crippen LogP contribution in [0.5, 0.6) is 5.75 Å². The summed E-state index contributed by atoms with van der Waals surface area (Å²) in [6.07, 6.45) is 4.12. The molecule has 0 aliphatic heterocycles. The normalized spacial score (nSPS) is 10.5. The smallest absolute Gasteiger partial charge is 0.449 e. The molecule has 2 rings (SSSR count). The molecule has 0 saturated heterocycles. The van der Waals surface area contributed by atoms with Gasteiger partial charge in [-0.15, -0.1) is 0 Å². The molecular formula is C20H24O3. The van der Waals surface area contributed by atoms with E-state index in [4.69, 9.17) is 9.84 Å². The third-order valence-electron chi connectivity index (χ3n) is 4.05. The van der Waals surface area contributed by atoms with Gasteiger partial charge in [0.2, 0.25) is 0 Å². The van der Waals surface area contributed by atoms with Crippen LogP contribution in [0.3, 0.4) is 0 Å². The van der Waals surface area contributed by atoms with Crippen molar-refractivity contribution in [1.29, 1.82) is 0 Å². The maximum atomic E-state index is 11.0. The third-order valence-corrected chi connectivity index (χ3v) is 4.05. The van der Waals surface area contributed by atoms with Crippen molar-refractivity contribution in [3.05, 3.63) is 53.6 Å². The maximum Gasteiger partial charge on any atom is 0.511 e. The number of hydrogen-bond donors (Lipinski definition) is 1. The summed E-state index contributed by atoms with van der Waals surface area (Å²) in [6.45, 7) is 4.25. The van der Waals surface area contributed by atoms with Crippen LogP contribution in [0.25, 0.3) is 11.1 Å². The van der Waals surface area contributed by atoms with Gasteiger partial charge in [-0.1, -0.05) is 62.6 Å². The molecular weight excluding hydrogens is 288 g/mol. The van der Waals surface area contributed by atoms with Gasteiger partial charge in [0.15, 0.2) is 0 Å². The van der Waals surface area contributed by atoms with Crippen molar-refractivity contribution in [2.75, 3.05) is 0 Å². The molecule has 0 atom stereocenters. The van der Waals surface area contributed by atoms with Crippen molar-refractivity contribution >= 4 is 6.16 Å². The maximum absolute atomic E-state index is 11.0. The predicted octanol–water partition coefficient (Wildman–Crippen LogP) is 5.84. The minimum absolute atomic E-state index is 0.453. The van der Waals surface area contributed by atoms with Crippen LogP contribution in [0.15, 0.2) is 42.5 Å². The highest BCUT2D eigenvalue weighted by Crippen LogP contribution is 2.34. The number of carbonyl (C=O) groups is 1. The van der Waals surface area contributed by atoms with Gasteiger partial charge in [0.05, 0.1) is 0 Å². The van der Waals surface area contributed by atoms with Gasteiger partial charge in [-0.2, -0.15) is 0 Å². The highest BCUT2D eigenvalue weighted by Gasteiger charge is 2.14. The zero-order valence-electron chi connectivity index (χ0n) is 13.8. The molecule has 0 heterocycles. The topological polar surface area (TPSA) is 46.5 Å². The van der Waals surface area contributed by atoms with Crippen molar-refractivity contribution in [3.63, 3.8) is 0 Å². The summed E-state index contributed by atoms with van der Waals surface area (Å²) in [5.41, 5.74) is 4.36. The van der Waals surface area contributed by atoms with E-state index in [1.807, 2.05) is 24.3 Å². The second-order valence-electron chi connectivity index (χ2n) is 5.78. The number of hydrogen-bond acceptors (Lipinski definition) is 2. The molecule has 0 radical (unpaired) electrons. The molecule has 0 aliphatic rings. The fourth-order valence-electron chi connectivity index (χ4n) is 2.87. The molecule has 0 saturated carbocycles. The fraction of sp³-hybridized carbons (Fsp3) is 0.350. The summed E-state index contributed by atoms with van der Waals surface area (Å²) >= 11 is 0. The Bertz CT molecular complexity index is 662. The van der Waals surface area contributed by atoms with Gasteiger partial charge in [0.25, 0.3) is 0 Å². The monoisotopic (exact) mass is 312 g/mol. The molecule has 3 nitrogen and oxygen atoms in total. The number of unbranched alkanes of at least 4 members (excludes halogenated alkanes) is 3. The average molecular weight is 312 g/mol. The SMILES string of the molecule is CCCCCCc1c(OC(=O)O)cccc1-c1ccccc1C. The van der Waals surface area contributed by atoms with E-state index in [0.717, 1.165) is 36.0 Å². The highest BCUT2D eigenvalue weighted by atomic mass is 16.7. The van der Waals surface area contributed by atoms with Crippen LogP contribution in [0.1, 0.15) is 43.7 Å². The lowest BCUT2D eigenvalue weighted by Gasteiger charge is -2.15. The molecule has 0 unspecified atom stereocenters. The number of aryl methyl sites for hydroxylation is 1. The second-order valence-corrected chi connectivity index (χ2v) is 5.78. The van der Waals surface area contributed by atoms with Gasteiger partial charge in [-0.25, -0.2) is 4.79 Å². The van der Waals surface area contributed by atoms with Crippen LogP contribution in [0.4, 0.5) is 4.79 Å². The van der Waals surface area contributed by atoms with Gasteiger partial charge in [0, 0.05) is 5.56 Å². The molecule has 0 amide bonds. The summed E-state index contributed by atoms with van der Waals surface area (Å²) in [6, 6.07) is 13.8. The standard InChI is InChI=1S/C20H24O3/c1-3-4-5-6-12-18-17(16-11-8-7-10-15(16)2)13-9-14-19(18)23-20(21)22/h7-11,13-14H,3-6,12H2,1-2H3,(H,21,22). The van der Waals surface area contributed by atoms with Gasteiger partial charge in [-0.3, -0.25) is 0 Å². The van der Waals surface area contributed by atoms with E-state index in [-0.39, 0.29) is 0 Å². The van der Waals surface area contributed by atoms with Crippen LogP contribution < -0.4 is 4.74 Å². The largest absolute Gasteiger partial charge is 0.511 e. The number of carboxylic acid groups (broad SMARTS) is 1. The number of rotatable bonds is 7. The number of benzene rings is 2. The number of ether oxygens (including phenoxy) is 1. The first kappa shape index (κ1) is 17.1. The molecule has 0 fully saturated rings. The van der Waals surface area contributed by atoms with Crippen LogP contribution in [0, 0.1) is 6.92 Å². The van der Waals surface area contributed by atoms with E-state index >= 15 is 0 Å². The molecule has 2 aromatic rings. The van der Waals surface area contributed by atoms with Crippen LogP contribution in [0.2, 0.25) is 0 Å². The Kier molecular flexibility index (Phi) is 6.21. The molecule has 0 bridgehead atoms. The van der Waals surface area contributed by atoms with E-state index in [0.29, 0.717) is 5.75 Å². The summed E-state index contributed by atoms with van der Waals surface area (Å²) in [7, 11) is 0. The molecule has 0 aromatic heterocycles. The first-order valence-electron chi connectivity index (χ1n) is 8.22. The lowest BCUT2D eigenvalue weighted by molar-refractivity contribution is 0.144. The van der Waals surface area contributed by atoms with Crippen molar-refractivity contribution in [1.82, 2.24) is 0 Å². The summed E-state index contributed by atoms with van der Waals surface area (Å²) in [5.74, 6) is 0.453. The minimum Gasteiger partial charge on any atom is -0.449 e. The van der Waals surface area contributed by atoms with E-state index in [2.05, 4.69) is 26.0 Å². The third kappa shape index (κ3) is 4.59. The fourth-order valence-corrected chi connectivity index (χ4v) is 2.87. The van der Waals surface area contributed by atoms with E-state index in [1.54, 1.807) is 6.07 Å². The molecule has 23 heavy (non-hydrogen) atoms. The van der Waals surface area contributed by atoms with Gasteiger partial charge in [-0.05, 0) is 42.5 Å². The molecule has 3 heteroatoms. The van der Waals surface area contributed by atoms with E-state index in [1.165, 1.54) is 18.4 Å². The zero-order chi connectivity index (χ0) is 16.7. The quantitative estimate of drug-likeness (QED) is 0.397. The summed E-state index contributed by atoms with van der Waals surface area (Å²) < 4.78 is 5.02. The molecule has 1 N–H and O–H groups in total. The van der Waals surface area contributed by atoms with Crippen LogP contribution >= 0.6 is 0 Å². The molecule has 0 spiro atoms. The lowest BCUT2D eigenvalue weighted by atomic mass is 9.92. The van der Waals surface area contributed by atoms with Crippen molar-refractivity contribution < 1.29 is 14.6 Å². The van der Waals surface area contributed by atoms with Crippen molar-refractivity contribution in [2.45, 2.75) is 46.0 Å². The van der Waals surface area contributed by atoms with Gasteiger partial charge in [0.1, 0.15) is 5.75 Å². The first-order valence-corrected chi connectivity index (χ1v) is 8.22. The molecule has 122 valence electrons. The van der Waals surface area contributed by atoms with E-state index < -0.39 is 6.16 Å². The Morgan fingerprint density at radius 1 is 1.00 bits per heavy atom.